The quantitative estimate of drug-likeness (QED) is 0.601. The van der Waals surface area contributed by atoms with Crippen LogP contribution in [0.4, 0.5) is 0 Å². The molecule has 1 aliphatic carbocycles. The largest absolute Gasteiger partial charge is 0.468 e. The first-order valence-corrected chi connectivity index (χ1v) is 6.15. The van der Waals surface area contributed by atoms with Gasteiger partial charge in [-0.05, 0) is 24.8 Å². The van der Waals surface area contributed by atoms with Gasteiger partial charge in [0.1, 0.15) is 5.41 Å². The highest BCUT2D eigenvalue weighted by molar-refractivity contribution is 5.81. The second-order valence-electron chi connectivity index (χ2n) is 4.85. The first-order valence-electron chi connectivity index (χ1n) is 6.15. The molecule has 0 atom stereocenters. The second-order valence-corrected chi connectivity index (χ2v) is 4.85. The Morgan fingerprint density at radius 2 is 1.83 bits per heavy atom. The Bertz CT molecular complexity index is 457. The second kappa shape index (κ2) is 5.21. The van der Waals surface area contributed by atoms with Crippen LogP contribution in [-0.4, -0.2) is 13.1 Å². The summed E-state index contributed by atoms with van der Waals surface area (Å²) in [7, 11) is 1.42. The summed E-state index contributed by atoms with van der Waals surface area (Å²) in [6.07, 6.45) is 9.01. The first-order chi connectivity index (χ1) is 8.64. The fourth-order valence-corrected chi connectivity index (χ4v) is 2.15. The van der Waals surface area contributed by atoms with Crippen LogP contribution in [0.3, 0.4) is 0 Å². The van der Waals surface area contributed by atoms with Crippen molar-refractivity contribution in [3.8, 4) is 0 Å². The Kier molecular flexibility index (Phi) is 3.66. The molecule has 0 aliphatic heterocycles. The van der Waals surface area contributed by atoms with Gasteiger partial charge in [-0.25, -0.2) is 0 Å². The van der Waals surface area contributed by atoms with E-state index in [0.29, 0.717) is 5.92 Å². The Labute approximate surface area is 108 Å². The lowest BCUT2D eigenvalue weighted by Gasteiger charge is -2.24. The molecule has 0 fully saturated rings. The lowest BCUT2D eigenvalue weighted by molar-refractivity contribution is -0.146. The van der Waals surface area contributed by atoms with Crippen molar-refractivity contribution in [2.45, 2.75) is 13.3 Å². The van der Waals surface area contributed by atoms with Gasteiger partial charge >= 0.3 is 5.97 Å². The minimum Gasteiger partial charge on any atom is -0.468 e. The van der Waals surface area contributed by atoms with Crippen molar-refractivity contribution in [2.75, 3.05) is 7.11 Å². The van der Waals surface area contributed by atoms with Crippen molar-refractivity contribution in [2.24, 2.45) is 11.3 Å². The van der Waals surface area contributed by atoms with Gasteiger partial charge in [0.2, 0.25) is 0 Å². The van der Waals surface area contributed by atoms with Gasteiger partial charge in [-0.3, -0.25) is 4.79 Å². The van der Waals surface area contributed by atoms with E-state index in [4.69, 9.17) is 4.74 Å². The zero-order chi connectivity index (χ0) is 13.0. The number of ether oxygens (including phenoxy) is 1. The molecule has 0 aromatic heterocycles. The molecular formula is C16H18O2. The van der Waals surface area contributed by atoms with Crippen molar-refractivity contribution in [1.82, 2.24) is 0 Å². The highest BCUT2D eigenvalue weighted by Crippen LogP contribution is 2.29. The highest BCUT2D eigenvalue weighted by atomic mass is 16.5. The molecule has 1 aliphatic rings. The molecule has 1 aromatic carbocycles. The average molecular weight is 242 g/mol. The zero-order valence-corrected chi connectivity index (χ0v) is 10.8. The molecular weight excluding hydrogens is 224 g/mol. The van der Waals surface area contributed by atoms with Crippen LogP contribution in [-0.2, 0) is 16.0 Å². The van der Waals surface area contributed by atoms with Gasteiger partial charge in [0.05, 0.1) is 7.11 Å². The molecule has 0 saturated carbocycles. The predicted octanol–water partition coefficient (Wildman–Crippen LogP) is 3.15. The van der Waals surface area contributed by atoms with Gasteiger partial charge in [-0.2, -0.15) is 0 Å². The molecule has 94 valence electrons. The summed E-state index contributed by atoms with van der Waals surface area (Å²) in [5.74, 6) is 0.137. The number of rotatable bonds is 3. The lowest BCUT2D eigenvalue weighted by Crippen LogP contribution is -2.26. The van der Waals surface area contributed by atoms with Gasteiger partial charge in [-0.15, -0.1) is 0 Å². The van der Waals surface area contributed by atoms with Crippen LogP contribution in [0.5, 0.6) is 0 Å². The first kappa shape index (κ1) is 12.6. The van der Waals surface area contributed by atoms with E-state index in [1.165, 1.54) is 12.7 Å². The summed E-state index contributed by atoms with van der Waals surface area (Å²) in [5.41, 5.74) is 0.695. The molecule has 18 heavy (non-hydrogen) atoms. The number of benzene rings is 1. The SMILES string of the molecule is COC(=O)C1(C)C=CC(Cc2ccccc2)C=C1. The van der Waals surface area contributed by atoms with Crippen LogP contribution >= 0.6 is 0 Å². The number of carbonyl (C=O) groups excluding carboxylic acids is 1. The summed E-state index contributed by atoms with van der Waals surface area (Å²) >= 11 is 0. The molecule has 2 rings (SSSR count). The average Bonchev–Trinajstić information content (AvgIpc) is 2.42. The number of hydrogen-bond acceptors (Lipinski definition) is 2. The molecule has 0 spiro atoms. The normalized spacial score (nSPS) is 26.0. The third-order valence-electron chi connectivity index (χ3n) is 3.32. The molecule has 0 radical (unpaired) electrons. The molecule has 0 bridgehead atoms. The summed E-state index contributed by atoms with van der Waals surface area (Å²) in [4.78, 5) is 11.6. The number of methoxy groups -OCH3 is 1. The maximum absolute atomic E-state index is 11.6. The van der Waals surface area contributed by atoms with Gasteiger partial charge < -0.3 is 4.74 Å². The zero-order valence-electron chi connectivity index (χ0n) is 10.8. The molecule has 0 unspecified atom stereocenters. The Morgan fingerprint density at radius 1 is 1.22 bits per heavy atom. The monoisotopic (exact) mass is 242 g/mol. The predicted molar refractivity (Wildman–Crippen MR) is 72.0 cm³/mol. The minimum absolute atomic E-state index is 0.215. The van der Waals surface area contributed by atoms with E-state index in [1.54, 1.807) is 0 Å². The summed E-state index contributed by atoms with van der Waals surface area (Å²) < 4.78 is 4.80. The van der Waals surface area contributed by atoms with E-state index in [0.717, 1.165) is 6.42 Å². The van der Waals surface area contributed by atoms with E-state index in [-0.39, 0.29) is 5.97 Å². The smallest absolute Gasteiger partial charge is 0.319 e. The molecule has 0 heterocycles. The molecule has 2 nitrogen and oxygen atoms in total. The van der Waals surface area contributed by atoms with Gasteiger partial charge in [0.25, 0.3) is 0 Å². The third kappa shape index (κ3) is 2.70. The molecule has 2 heteroatoms. The van der Waals surface area contributed by atoms with Crippen LogP contribution in [0.25, 0.3) is 0 Å². The van der Waals surface area contributed by atoms with Gasteiger partial charge in [0, 0.05) is 0 Å². The van der Waals surface area contributed by atoms with Crippen LogP contribution in [0.15, 0.2) is 54.6 Å². The van der Waals surface area contributed by atoms with E-state index >= 15 is 0 Å². The minimum atomic E-state index is -0.609. The lowest BCUT2D eigenvalue weighted by atomic mass is 9.82. The van der Waals surface area contributed by atoms with E-state index in [2.05, 4.69) is 24.3 Å². The van der Waals surface area contributed by atoms with Crippen molar-refractivity contribution in [3.05, 3.63) is 60.2 Å². The molecule has 0 N–H and O–H groups in total. The summed E-state index contributed by atoms with van der Waals surface area (Å²) in [6.45, 7) is 1.87. The molecule has 0 amide bonds. The van der Waals surface area contributed by atoms with Crippen molar-refractivity contribution in [3.63, 3.8) is 0 Å². The number of carbonyl (C=O) groups is 1. The van der Waals surface area contributed by atoms with Crippen molar-refractivity contribution in [1.29, 1.82) is 0 Å². The molecule has 0 saturated heterocycles. The highest BCUT2D eigenvalue weighted by Gasteiger charge is 2.30. The number of hydrogen-bond donors (Lipinski definition) is 0. The van der Waals surface area contributed by atoms with Gasteiger partial charge in [0.15, 0.2) is 0 Å². The van der Waals surface area contributed by atoms with E-state index < -0.39 is 5.41 Å². The Balaban J connectivity index is 2.04. The third-order valence-corrected chi connectivity index (χ3v) is 3.32. The van der Waals surface area contributed by atoms with Crippen molar-refractivity contribution < 1.29 is 9.53 Å². The topological polar surface area (TPSA) is 26.3 Å². The summed E-state index contributed by atoms with van der Waals surface area (Å²) in [6, 6.07) is 10.4. The number of allylic oxidation sites excluding steroid dienone is 2. The standard InChI is InChI=1S/C16H18O2/c1-16(15(17)18-2)10-8-14(9-11-16)12-13-6-4-3-5-7-13/h3-11,14H,12H2,1-2H3. The van der Waals surface area contributed by atoms with Gasteiger partial charge in [-0.1, -0.05) is 54.6 Å². The van der Waals surface area contributed by atoms with Crippen LogP contribution in [0.2, 0.25) is 0 Å². The fraction of sp³-hybridized carbons (Fsp3) is 0.312. The fourth-order valence-electron chi connectivity index (χ4n) is 2.15. The van der Waals surface area contributed by atoms with Crippen LogP contribution in [0.1, 0.15) is 12.5 Å². The van der Waals surface area contributed by atoms with Crippen molar-refractivity contribution >= 4 is 5.97 Å². The maximum atomic E-state index is 11.6. The Morgan fingerprint density at radius 3 is 2.39 bits per heavy atom. The van der Waals surface area contributed by atoms with Crippen LogP contribution in [0, 0.1) is 11.3 Å². The van der Waals surface area contributed by atoms with E-state index in [9.17, 15) is 4.79 Å². The Hall–Kier alpha value is -1.83. The van der Waals surface area contributed by atoms with Crippen LogP contribution < -0.4 is 0 Å². The summed E-state index contributed by atoms with van der Waals surface area (Å²) in [5, 5.41) is 0. The molecule has 1 aromatic rings. The number of esters is 1. The van der Waals surface area contributed by atoms with E-state index in [1.807, 2.05) is 37.3 Å². The maximum Gasteiger partial charge on any atom is 0.319 e.